The zero-order valence-electron chi connectivity index (χ0n) is 14.6. The monoisotopic (exact) mass is 481 g/mol. The zero-order valence-corrected chi connectivity index (χ0v) is 17.0. The Balaban J connectivity index is 0.00000338. The predicted octanol–water partition coefficient (Wildman–Crippen LogP) is 4.78. The van der Waals surface area contributed by atoms with Gasteiger partial charge in [-0.25, -0.2) is 0 Å². The van der Waals surface area contributed by atoms with Gasteiger partial charge in [-0.15, -0.1) is 24.0 Å². The minimum atomic E-state index is -4.31. The van der Waals surface area contributed by atoms with Crippen LogP contribution in [0, 0.1) is 0 Å². The molecule has 0 fully saturated rings. The lowest BCUT2D eigenvalue weighted by Gasteiger charge is -2.16. The molecule has 1 aromatic carbocycles. The summed E-state index contributed by atoms with van der Waals surface area (Å²) in [6.07, 6.45) is -2.03. The number of benzene rings is 1. The Labute approximate surface area is 168 Å². The van der Waals surface area contributed by atoms with Crippen LogP contribution in [0.4, 0.5) is 13.2 Å². The number of alkyl halides is 3. The number of guanidine groups is 1. The van der Waals surface area contributed by atoms with Crippen LogP contribution in [0.25, 0.3) is 0 Å². The summed E-state index contributed by atoms with van der Waals surface area (Å²) < 4.78 is 43.6. The summed E-state index contributed by atoms with van der Waals surface area (Å²) in [5, 5.41) is 6.26. The Morgan fingerprint density at radius 2 is 1.96 bits per heavy atom. The van der Waals surface area contributed by atoms with Crippen LogP contribution in [0.1, 0.15) is 36.1 Å². The average molecular weight is 481 g/mol. The van der Waals surface area contributed by atoms with E-state index in [1.54, 1.807) is 19.4 Å². The molecule has 26 heavy (non-hydrogen) atoms. The summed E-state index contributed by atoms with van der Waals surface area (Å²) in [5.74, 6) is 1.41. The van der Waals surface area contributed by atoms with Crippen molar-refractivity contribution in [2.45, 2.75) is 32.0 Å². The first-order valence-corrected chi connectivity index (χ1v) is 8.04. The average Bonchev–Trinajstić information content (AvgIpc) is 3.10. The van der Waals surface area contributed by atoms with Gasteiger partial charge in [0.2, 0.25) is 0 Å². The third-order valence-electron chi connectivity index (χ3n) is 3.89. The second-order valence-electron chi connectivity index (χ2n) is 5.74. The van der Waals surface area contributed by atoms with E-state index in [4.69, 9.17) is 4.42 Å². The van der Waals surface area contributed by atoms with E-state index in [1.807, 2.05) is 19.1 Å². The summed E-state index contributed by atoms with van der Waals surface area (Å²) in [7, 11) is 1.66. The molecule has 0 saturated heterocycles. The fraction of sp³-hybridized carbons (Fsp3) is 0.389. The SMILES string of the molecule is CN=C(NCCC(C)c1cccc(C(F)(F)F)c1)NCc1ccco1.I. The largest absolute Gasteiger partial charge is 0.467 e. The van der Waals surface area contributed by atoms with Crippen LogP contribution < -0.4 is 10.6 Å². The zero-order chi connectivity index (χ0) is 18.3. The summed E-state index contributed by atoms with van der Waals surface area (Å²) >= 11 is 0. The lowest BCUT2D eigenvalue weighted by Crippen LogP contribution is -2.37. The molecular formula is C18H23F3IN3O. The van der Waals surface area contributed by atoms with E-state index in [1.165, 1.54) is 12.1 Å². The smallest absolute Gasteiger partial charge is 0.416 e. The number of hydrogen-bond acceptors (Lipinski definition) is 2. The molecule has 0 bridgehead atoms. The maximum Gasteiger partial charge on any atom is 0.416 e. The van der Waals surface area contributed by atoms with Gasteiger partial charge in [-0.3, -0.25) is 4.99 Å². The highest BCUT2D eigenvalue weighted by Gasteiger charge is 2.30. The van der Waals surface area contributed by atoms with Gasteiger partial charge in [0, 0.05) is 13.6 Å². The van der Waals surface area contributed by atoms with Gasteiger partial charge in [0.1, 0.15) is 5.76 Å². The Morgan fingerprint density at radius 1 is 1.19 bits per heavy atom. The summed E-state index contributed by atoms with van der Waals surface area (Å²) in [6.45, 7) is 3.02. The van der Waals surface area contributed by atoms with Gasteiger partial charge in [-0.1, -0.05) is 25.1 Å². The van der Waals surface area contributed by atoms with E-state index in [0.29, 0.717) is 31.0 Å². The van der Waals surface area contributed by atoms with Crippen LogP contribution in [0.15, 0.2) is 52.1 Å². The molecule has 1 unspecified atom stereocenters. The van der Waals surface area contributed by atoms with E-state index in [2.05, 4.69) is 15.6 Å². The number of nitrogens with one attached hydrogen (secondary N) is 2. The van der Waals surface area contributed by atoms with Crippen LogP contribution >= 0.6 is 24.0 Å². The second-order valence-corrected chi connectivity index (χ2v) is 5.74. The van der Waals surface area contributed by atoms with Crippen molar-refractivity contribution >= 4 is 29.9 Å². The van der Waals surface area contributed by atoms with Crippen molar-refractivity contribution in [1.29, 1.82) is 0 Å². The van der Waals surface area contributed by atoms with Gasteiger partial charge in [-0.2, -0.15) is 13.2 Å². The van der Waals surface area contributed by atoms with Gasteiger partial charge < -0.3 is 15.1 Å². The van der Waals surface area contributed by atoms with Crippen molar-refractivity contribution in [3.8, 4) is 0 Å². The number of hydrogen-bond donors (Lipinski definition) is 2. The number of furan rings is 1. The van der Waals surface area contributed by atoms with Crippen molar-refractivity contribution in [3.05, 3.63) is 59.5 Å². The molecule has 1 aromatic heterocycles. The molecule has 0 aliphatic heterocycles. The standard InChI is InChI=1S/C18H22F3N3O.HI/c1-13(14-5-3-6-15(11-14)18(19,20)21)8-9-23-17(22-2)24-12-16-7-4-10-25-16;/h3-7,10-11,13H,8-9,12H2,1-2H3,(H2,22,23,24);1H. The molecule has 144 valence electrons. The van der Waals surface area contributed by atoms with Gasteiger partial charge in [0.25, 0.3) is 0 Å². The van der Waals surface area contributed by atoms with Gasteiger partial charge >= 0.3 is 6.18 Å². The highest BCUT2D eigenvalue weighted by atomic mass is 127. The molecule has 0 radical (unpaired) electrons. The maximum absolute atomic E-state index is 12.8. The lowest BCUT2D eigenvalue weighted by atomic mass is 9.96. The first-order chi connectivity index (χ1) is 11.9. The van der Waals surface area contributed by atoms with Gasteiger partial charge in [0.05, 0.1) is 18.4 Å². The molecule has 8 heteroatoms. The quantitative estimate of drug-likeness (QED) is 0.355. The van der Waals surface area contributed by atoms with Crippen LogP contribution in [0.3, 0.4) is 0 Å². The van der Waals surface area contributed by atoms with Crippen molar-refractivity contribution in [3.63, 3.8) is 0 Å². The van der Waals surface area contributed by atoms with Crippen LogP contribution in [-0.2, 0) is 12.7 Å². The number of aliphatic imine (C=N–C) groups is 1. The normalized spacial score (nSPS) is 13.0. The van der Waals surface area contributed by atoms with Crippen molar-refractivity contribution < 1.29 is 17.6 Å². The van der Waals surface area contributed by atoms with Crippen LogP contribution in [0.2, 0.25) is 0 Å². The lowest BCUT2D eigenvalue weighted by molar-refractivity contribution is -0.137. The first kappa shape index (κ1) is 22.3. The molecular weight excluding hydrogens is 458 g/mol. The minimum absolute atomic E-state index is 0. The summed E-state index contributed by atoms with van der Waals surface area (Å²) in [5.41, 5.74) is 0.0656. The molecule has 0 aliphatic rings. The van der Waals surface area contributed by atoms with Crippen LogP contribution in [-0.4, -0.2) is 19.6 Å². The van der Waals surface area contributed by atoms with Gasteiger partial charge in [0.15, 0.2) is 5.96 Å². The highest BCUT2D eigenvalue weighted by molar-refractivity contribution is 14.0. The van der Waals surface area contributed by atoms with Gasteiger partial charge in [-0.05, 0) is 36.1 Å². The molecule has 0 aliphatic carbocycles. The molecule has 0 amide bonds. The van der Waals surface area contributed by atoms with E-state index in [-0.39, 0.29) is 29.9 Å². The van der Waals surface area contributed by atoms with E-state index < -0.39 is 11.7 Å². The first-order valence-electron chi connectivity index (χ1n) is 8.04. The van der Waals surface area contributed by atoms with Crippen molar-refractivity contribution in [1.82, 2.24) is 10.6 Å². The van der Waals surface area contributed by atoms with E-state index in [9.17, 15) is 13.2 Å². The highest BCUT2D eigenvalue weighted by Crippen LogP contribution is 2.31. The van der Waals surface area contributed by atoms with Crippen LogP contribution in [0.5, 0.6) is 0 Å². The van der Waals surface area contributed by atoms with Crippen molar-refractivity contribution in [2.24, 2.45) is 4.99 Å². The Morgan fingerprint density at radius 3 is 2.58 bits per heavy atom. The fourth-order valence-corrected chi connectivity index (χ4v) is 2.40. The van der Waals surface area contributed by atoms with E-state index >= 15 is 0 Å². The topological polar surface area (TPSA) is 49.6 Å². The molecule has 2 rings (SSSR count). The molecule has 1 heterocycles. The van der Waals surface area contributed by atoms with E-state index in [0.717, 1.165) is 11.8 Å². The molecule has 0 saturated carbocycles. The second kappa shape index (κ2) is 10.4. The number of rotatable bonds is 6. The fourth-order valence-electron chi connectivity index (χ4n) is 2.40. The Kier molecular flexibility index (Phi) is 8.97. The minimum Gasteiger partial charge on any atom is -0.467 e. The maximum atomic E-state index is 12.8. The molecule has 4 nitrogen and oxygen atoms in total. The molecule has 2 N–H and O–H groups in total. The molecule has 2 aromatic rings. The Hall–Kier alpha value is -1.71. The summed E-state index contributed by atoms with van der Waals surface area (Å²) in [6, 6.07) is 9.15. The third-order valence-corrected chi connectivity index (χ3v) is 3.89. The molecule has 1 atom stereocenters. The summed E-state index contributed by atoms with van der Waals surface area (Å²) in [4.78, 5) is 4.11. The van der Waals surface area contributed by atoms with Crippen molar-refractivity contribution in [2.75, 3.05) is 13.6 Å². The Bertz CT molecular complexity index is 687. The predicted molar refractivity (Wildman–Crippen MR) is 107 cm³/mol. The molecule has 0 spiro atoms. The third kappa shape index (κ3) is 6.89. The number of nitrogens with zero attached hydrogens (tertiary/aromatic N) is 1. The number of halogens is 4.